The van der Waals surface area contributed by atoms with Crippen LogP contribution in [0.15, 0.2) is 42.9 Å². The summed E-state index contributed by atoms with van der Waals surface area (Å²) >= 11 is 0. The number of halogens is 2. The second kappa shape index (κ2) is 3.62. The van der Waals surface area contributed by atoms with E-state index < -0.39 is 11.6 Å². The van der Waals surface area contributed by atoms with Gasteiger partial charge in [-0.3, -0.25) is 4.40 Å². The maximum Gasteiger partial charge on any atom is 0.234 e. The molecule has 0 aliphatic heterocycles. The van der Waals surface area contributed by atoms with Crippen molar-refractivity contribution in [3.8, 4) is 11.3 Å². The van der Waals surface area contributed by atoms with E-state index in [0.717, 1.165) is 6.07 Å². The highest BCUT2D eigenvalue weighted by molar-refractivity contribution is 5.62. The van der Waals surface area contributed by atoms with E-state index >= 15 is 0 Å². The molecule has 0 aliphatic carbocycles. The second-order valence-electron chi connectivity index (χ2n) is 3.55. The van der Waals surface area contributed by atoms with Gasteiger partial charge in [-0.15, -0.1) is 0 Å². The molecule has 3 rings (SSSR count). The molecule has 0 saturated heterocycles. The van der Waals surface area contributed by atoms with Crippen molar-refractivity contribution in [3.63, 3.8) is 0 Å². The average Bonchev–Trinajstić information content (AvgIpc) is 2.76. The van der Waals surface area contributed by atoms with Gasteiger partial charge in [0.1, 0.15) is 0 Å². The molecule has 0 radical (unpaired) electrons. The molecule has 0 saturated carbocycles. The van der Waals surface area contributed by atoms with E-state index in [9.17, 15) is 8.78 Å². The number of rotatable bonds is 1. The van der Waals surface area contributed by atoms with E-state index in [2.05, 4.69) is 9.97 Å². The van der Waals surface area contributed by atoms with E-state index in [4.69, 9.17) is 0 Å². The summed E-state index contributed by atoms with van der Waals surface area (Å²) in [5.74, 6) is -1.32. The smallest absolute Gasteiger partial charge is 0.234 e. The van der Waals surface area contributed by atoms with Crippen LogP contribution in [0.3, 0.4) is 0 Å². The lowest BCUT2D eigenvalue weighted by molar-refractivity contribution is 0.511. The molecule has 3 aromatic rings. The van der Waals surface area contributed by atoms with Crippen LogP contribution in [0.5, 0.6) is 0 Å². The quantitative estimate of drug-likeness (QED) is 0.644. The summed E-state index contributed by atoms with van der Waals surface area (Å²) in [5, 5.41) is 0. The van der Waals surface area contributed by atoms with Gasteiger partial charge in [0.2, 0.25) is 5.78 Å². The summed E-state index contributed by atoms with van der Waals surface area (Å²) in [7, 11) is 0. The van der Waals surface area contributed by atoms with Crippen molar-refractivity contribution in [1.29, 1.82) is 0 Å². The first kappa shape index (κ1) is 9.89. The highest BCUT2D eigenvalue weighted by atomic mass is 19.2. The zero-order chi connectivity index (χ0) is 11.8. The summed E-state index contributed by atoms with van der Waals surface area (Å²) < 4.78 is 28.3. The van der Waals surface area contributed by atoms with Gasteiger partial charge in [-0.2, -0.15) is 0 Å². The second-order valence-corrected chi connectivity index (χ2v) is 3.55. The third-order valence-corrected chi connectivity index (χ3v) is 2.46. The Morgan fingerprint density at radius 1 is 1.12 bits per heavy atom. The Kier molecular flexibility index (Phi) is 2.11. The van der Waals surface area contributed by atoms with Gasteiger partial charge in [-0.1, -0.05) is 6.07 Å². The number of aromatic nitrogens is 3. The summed E-state index contributed by atoms with van der Waals surface area (Å²) in [6.07, 6.45) is 4.95. The van der Waals surface area contributed by atoms with Crippen molar-refractivity contribution >= 4 is 5.78 Å². The summed E-state index contributed by atoms with van der Waals surface area (Å²) in [5.41, 5.74) is 0.496. The summed E-state index contributed by atoms with van der Waals surface area (Å²) in [6, 6.07) is 5.75. The molecule has 17 heavy (non-hydrogen) atoms. The minimum atomic E-state index is -0.893. The Labute approximate surface area is 95.4 Å². The average molecular weight is 231 g/mol. The number of benzene rings is 1. The van der Waals surface area contributed by atoms with Crippen LogP contribution in [-0.4, -0.2) is 14.4 Å². The highest BCUT2D eigenvalue weighted by Gasteiger charge is 2.12. The largest absolute Gasteiger partial charge is 0.291 e. The third-order valence-electron chi connectivity index (χ3n) is 2.46. The molecule has 84 valence electrons. The van der Waals surface area contributed by atoms with Crippen molar-refractivity contribution in [3.05, 3.63) is 54.5 Å². The number of hydrogen-bond acceptors (Lipinski definition) is 2. The lowest BCUT2D eigenvalue weighted by atomic mass is 10.1. The first-order chi connectivity index (χ1) is 8.25. The summed E-state index contributed by atoms with van der Waals surface area (Å²) in [6.45, 7) is 0. The van der Waals surface area contributed by atoms with Crippen LogP contribution in [0, 0.1) is 11.6 Å². The van der Waals surface area contributed by atoms with Crippen LogP contribution in [0.2, 0.25) is 0 Å². The van der Waals surface area contributed by atoms with Gasteiger partial charge < -0.3 is 0 Å². The lowest BCUT2D eigenvalue weighted by Gasteiger charge is -1.98. The SMILES string of the molecule is Fc1cccc(-c2cn3cccnc3n2)c1F. The van der Waals surface area contributed by atoms with Crippen LogP contribution in [0.4, 0.5) is 8.78 Å². The normalized spacial score (nSPS) is 10.9. The number of nitrogens with zero attached hydrogens (tertiary/aromatic N) is 3. The van der Waals surface area contributed by atoms with Crippen molar-refractivity contribution in [2.75, 3.05) is 0 Å². The standard InChI is InChI=1S/C12H7F2N3/c13-9-4-1-3-8(11(9)14)10-7-17-6-2-5-15-12(17)16-10/h1-7H. The highest BCUT2D eigenvalue weighted by Crippen LogP contribution is 2.23. The van der Waals surface area contributed by atoms with Crippen molar-refractivity contribution in [2.24, 2.45) is 0 Å². The van der Waals surface area contributed by atoms with Crippen molar-refractivity contribution in [2.45, 2.75) is 0 Å². The third kappa shape index (κ3) is 1.56. The van der Waals surface area contributed by atoms with Crippen LogP contribution in [0.25, 0.3) is 17.0 Å². The number of imidazole rings is 1. The predicted octanol–water partition coefficient (Wildman–Crippen LogP) is 2.67. The van der Waals surface area contributed by atoms with Gasteiger partial charge in [-0.25, -0.2) is 18.7 Å². The van der Waals surface area contributed by atoms with Crippen LogP contribution in [-0.2, 0) is 0 Å². The van der Waals surface area contributed by atoms with Gasteiger partial charge in [0.05, 0.1) is 5.69 Å². The number of hydrogen-bond donors (Lipinski definition) is 0. The first-order valence-corrected chi connectivity index (χ1v) is 5.00. The molecular formula is C12H7F2N3. The molecule has 0 atom stereocenters. The van der Waals surface area contributed by atoms with E-state index in [0.29, 0.717) is 11.5 Å². The van der Waals surface area contributed by atoms with Crippen LogP contribution < -0.4 is 0 Å². The van der Waals surface area contributed by atoms with E-state index in [1.54, 1.807) is 29.1 Å². The Balaban J connectivity index is 2.24. The van der Waals surface area contributed by atoms with Gasteiger partial charge in [0.15, 0.2) is 11.6 Å². The molecular weight excluding hydrogens is 224 g/mol. The molecule has 0 aliphatic rings. The number of fused-ring (bicyclic) bond motifs is 1. The Hall–Kier alpha value is -2.30. The molecule has 2 aromatic heterocycles. The lowest BCUT2D eigenvalue weighted by Crippen LogP contribution is -1.88. The molecule has 0 unspecified atom stereocenters. The topological polar surface area (TPSA) is 30.2 Å². The van der Waals surface area contributed by atoms with E-state index in [1.807, 2.05) is 0 Å². The zero-order valence-corrected chi connectivity index (χ0v) is 8.64. The fourth-order valence-corrected chi connectivity index (χ4v) is 1.66. The molecule has 0 bridgehead atoms. The van der Waals surface area contributed by atoms with Crippen molar-refractivity contribution < 1.29 is 8.78 Å². The fourth-order valence-electron chi connectivity index (χ4n) is 1.66. The van der Waals surface area contributed by atoms with Gasteiger partial charge in [-0.05, 0) is 18.2 Å². The monoisotopic (exact) mass is 231 g/mol. The molecule has 1 aromatic carbocycles. The molecule has 0 spiro atoms. The predicted molar refractivity (Wildman–Crippen MR) is 58.3 cm³/mol. The maximum atomic E-state index is 13.6. The molecule has 0 amide bonds. The fraction of sp³-hybridized carbons (Fsp3) is 0. The zero-order valence-electron chi connectivity index (χ0n) is 8.64. The molecule has 0 fully saturated rings. The van der Waals surface area contributed by atoms with Crippen LogP contribution in [0.1, 0.15) is 0 Å². The van der Waals surface area contributed by atoms with Gasteiger partial charge in [0.25, 0.3) is 0 Å². The van der Waals surface area contributed by atoms with E-state index in [-0.39, 0.29) is 5.56 Å². The molecule has 5 heteroatoms. The van der Waals surface area contributed by atoms with Crippen LogP contribution >= 0.6 is 0 Å². The van der Waals surface area contributed by atoms with Gasteiger partial charge >= 0.3 is 0 Å². The van der Waals surface area contributed by atoms with Crippen molar-refractivity contribution in [1.82, 2.24) is 14.4 Å². The first-order valence-electron chi connectivity index (χ1n) is 5.00. The molecule has 2 heterocycles. The minimum Gasteiger partial charge on any atom is -0.291 e. The Morgan fingerprint density at radius 2 is 2.00 bits per heavy atom. The van der Waals surface area contributed by atoms with E-state index in [1.165, 1.54) is 12.1 Å². The summed E-state index contributed by atoms with van der Waals surface area (Å²) in [4.78, 5) is 8.15. The molecule has 0 N–H and O–H groups in total. The minimum absolute atomic E-state index is 0.135. The van der Waals surface area contributed by atoms with Gasteiger partial charge in [0, 0.05) is 24.2 Å². The molecule has 3 nitrogen and oxygen atoms in total. The maximum absolute atomic E-state index is 13.6. The Bertz CT molecular complexity index is 658. The Morgan fingerprint density at radius 3 is 2.82 bits per heavy atom.